The van der Waals surface area contributed by atoms with Gasteiger partial charge in [-0.3, -0.25) is 14.4 Å². The van der Waals surface area contributed by atoms with Gasteiger partial charge < -0.3 is 25.1 Å². The van der Waals surface area contributed by atoms with Gasteiger partial charge in [0.2, 0.25) is 17.7 Å². The monoisotopic (exact) mass is 678 g/mol. The largest absolute Gasteiger partial charge is 0.391 e. The summed E-state index contributed by atoms with van der Waals surface area (Å²) in [5.41, 5.74) is 1.11. The molecule has 6 rings (SSSR count). The zero-order valence-corrected chi connectivity index (χ0v) is 29.6. The zero-order valence-electron chi connectivity index (χ0n) is 29.6. The first-order valence-corrected chi connectivity index (χ1v) is 18.9. The minimum atomic E-state index is -1.25. The summed E-state index contributed by atoms with van der Waals surface area (Å²) in [4.78, 5) is 49.3. The van der Waals surface area contributed by atoms with Crippen LogP contribution in [0.5, 0.6) is 0 Å². The van der Waals surface area contributed by atoms with Gasteiger partial charge in [0.05, 0.1) is 6.10 Å². The molecule has 8 heteroatoms. The Bertz CT molecular complexity index is 1460. The Hall–Kier alpha value is -4.01. The number of unbranched alkanes of at least 4 members (excludes halogenated alkanes) is 3. The molecule has 8 nitrogen and oxygen atoms in total. The van der Waals surface area contributed by atoms with Crippen LogP contribution >= 0.6 is 0 Å². The lowest BCUT2D eigenvalue weighted by Gasteiger charge is -2.40. The van der Waals surface area contributed by atoms with Crippen LogP contribution in [-0.4, -0.2) is 95.0 Å². The van der Waals surface area contributed by atoms with Gasteiger partial charge in [0, 0.05) is 32.6 Å². The lowest BCUT2D eigenvalue weighted by molar-refractivity contribution is -0.147. The van der Waals surface area contributed by atoms with Crippen LogP contribution in [0.4, 0.5) is 0 Å². The molecule has 0 aromatic heterocycles. The number of aliphatic hydroxyl groups excluding tert-OH is 1. The summed E-state index contributed by atoms with van der Waals surface area (Å²) in [6.45, 7) is 6.61. The molecule has 3 heterocycles. The number of likely N-dealkylation sites (tertiary alicyclic amines) is 3. The Labute approximate surface area is 297 Å². The van der Waals surface area contributed by atoms with Gasteiger partial charge in [-0.05, 0) is 67.8 Å². The summed E-state index contributed by atoms with van der Waals surface area (Å²) >= 11 is 0. The van der Waals surface area contributed by atoms with E-state index in [1.807, 2.05) is 91.0 Å². The van der Waals surface area contributed by atoms with Crippen LogP contribution in [0.25, 0.3) is 0 Å². The molecule has 266 valence electrons. The van der Waals surface area contributed by atoms with Crippen LogP contribution in [0.3, 0.4) is 0 Å². The second-order valence-corrected chi connectivity index (χ2v) is 14.5. The van der Waals surface area contributed by atoms with E-state index in [4.69, 9.17) is 0 Å². The van der Waals surface area contributed by atoms with Crippen LogP contribution in [0.1, 0.15) is 81.4 Å². The molecule has 50 heavy (non-hydrogen) atoms. The molecular formula is C42H54N4O4. The topological polar surface area (TPSA) is 93.2 Å². The Morgan fingerprint density at radius 2 is 1.34 bits per heavy atom. The lowest BCUT2D eigenvalue weighted by atomic mass is 9.68. The standard InChI is InChI=1S/C42H54N4O4/c1-2-3-4-14-25-44-26-15-17-32(30-44)29-43-39(48)37-24-16-27-45(37)40(49)38-28-36(47)31-46(38)41(50)42(33-18-8-5-9-19-33,34-20-10-6-11-21-34)35-22-12-7-13-23-35/h5-13,18-23,32,36-38,47H,2-4,14-17,24-31H2,1H3,(H,43,48)/t32-,36-,37-,38+/m1/s1. The van der Waals surface area contributed by atoms with E-state index in [0.717, 1.165) is 55.6 Å². The van der Waals surface area contributed by atoms with Gasteiger partial charge in [-0.2, -0.15) is 0 Å². The summed E-state index contributed by atoms with van der Waals surface area (Å²) in [6.07, 6.45) is 7.87. The predicted molar refractivity (Wildman–Crippen MR) is 196 cm³/mol. The minimum absolute atomic E-state index is 0.0464. The Morgan fingerprint density at radius 3 is 1.94 bits per heavy atom. The number of carbonyl (C=O) groups excluding carboxylic acids is 3. The van der Waals surface area contributed by atoms with Gasteiger partial charge in [-0.15, -0.1) is 0 Å². The summed E-state index contributed by atoms with van der Waals surface area (Å²) in [5, 5.41) is 14.3. The van der Waals surface area contributed by atoms with Crippen molar-refractivity contribution in [2.45, 2.75) is 88.3 Å². The van der Waals surface area contributed by atoms with Gasteiger partial charge in [-0.1, -0.05) is 117 Å². The number of piperidine rings is 1. The van der Waals surface area contributed by atoms with Crippen molar-refractivity contribution in [1.82, 2.24) is 20.0 Å². The van der Waals surface area contributed by atoms with E-state index < -0.39 is 23.6 Å². The fourth-order valence-electron chi connectivity index (χ4n) is 8.56. The highest BCUT2D eigenvalue weighted by atomic mass is 16.3. The first-order chi connectivity index (χ1) is 24.4. The van der Waals surface area contributed by atoms with Gasteiger partial charge in [-0.25, -0.2) is 0 Å². The average molecular weight is 679 g/mol. The van der Waals surface area contributed by atoms with Crippen LogP contribution < -0.4 is 5.32 Å². The molecule has 4 atom stereocenters. The molecule has 3 aliphatic rings. The summed E-state index contributed by atoms with van der Waals surface area (Å²) in [6, 6.07) is 27.6. The Balaban J connectivity index is 1.21. The molecule has 0 saturated carbocycles. The number of amides is 3. The van der Waals surface area contributed by atoms with Crippen molar-refractivity contribution in [2.24, 2.45) is 5.92 Å². The van der Waals surface area contributed by atoms with Crippen molar-refractivity contribution in [3.63, 3.8) is 0 Å². The van der Waals surface area contributed by atoms with Crippen molar-refractivity contribution in [1.29, 1.82) is 0 Å². The lowest BCUT2D eigenvalue weighted by Crippen LogP contribution is -2.56. The highest BCUT2D eigenvalue weighted by molar-refractivity contribution is 6.00. The third kappa shape index (κ3) is 7.66. The molecule has 3 saturated heterocycles. The Kier molecular flexibility index (Phi) is 12.0. The number of hydrogen-bond acceptors (Lipinski definition) is 5. The maximum atomic E-state index is 15.3. The van der Waals surface area contributed by atoms with Gasteiger partial charge in [0.15, 0.2) is 0 Å². The average Bonchev–Trinajstić information content (AvgIpc) is 3.81. The van der Waals surface area contributed by atoms with E-state index in [1.165, 1.54) is 25.7 Å². The number of rotatable bonds is 13. The van der Waals surface area contributed by atoms with E-state index >= 15 is 4.79 Å². The molecular weight excluding hydrogens is 624 g/mol. The van der Waals surface area contributed by atoms with Gasteiger partial charge in [0.1, 0.15) is 17.5 Å². The molecule has 3 aromatic rings. The Morgan fingerprint density at radius 1 is 0.740 bits per heavy atom. The molecule has 0 unspecified atom stereocenters. The smallest absolute Gasteiger partial charge is 0.246 e. The van der Waals surface area contributed by atoms with Crippen molar-refractivity contribution in [2.75, 3.05) is 39.3 Å². The minimum Gasteiger partial charge on any atom is -0.391 e. The van der Waals surface area contributed by atoms with Gasteiger partial charge >= 0.3 is 0 Å². The van der Waals surface area contributed by atoms with Crippen molar-refractivity contribution in [3.8, 4) is 0 Å². The predicted octanol–water partition coefficient (Wildman–Crippen LogP) is 5.38. The maximum Gasteiger partial charge on any atom is 0.246 e. The van der Waals surface area contributed by atoms with Crippen LogP contribution in [0, 0.1) is 5.92 Å². The number of benzene rings is 3. The molecule has 3 amide bonds. The molecule has 0 aliphatic carbocycles. The van der Waals surface area contributed by atoms with E-state index in [-0.39, 0.29) is 30.7 Å². The number of carbonyl (C=O) groups is 3. The summed E-state index contributed by atoms with van der Waals surface area (Å²) < 4.78 is 0. The molecule has 2 N–H and O–H groups in total. The fourth-order valence-corrected chi connectivity index (χ4v) is 8.56. The van der Waals surface area contributed by atoms with E-state index in [0.29, 0.717) is 25.4 Å². The highest BCUT2D eigenvalue weighted by Crippen LogP contribution is 2.43. The van der Waals surface area contributed by atoms with Crippen molar-refractivity contribution in [3.05, 3.63) is 108 Å². The van der Waals surface area contributed by atoms with Crippen molar-refractivity contribution < 1.29 is 19.5 Å². The second kappa shape index (κ2) is 16.8. The second-order valence-electron chi connectivity index (χ2n) is 14.5. The molecule has 3 aliphatic heterocycles. The summed E-state index contributed by atoms with van der Waals surface area (Å²) in [5.74, 6) is -0.219. The number of hydrogen-bond donors (Lipinski definition) is 2. The molecule has 3 aromatic carbocycles. The van der Waals surface area contributed by atoms with E-state index in [9.17, 15) is 14.7 Å². The van der Waals surface area contributed by atoms with Gasteiger partial charge in [0.25, 0.3) is 0 Å². The number of nitrogens with zero attached hydrogens (tertiary/aromatic N) is 3. The van der Waals surface area contributed by atoms with Crippen LogP contribution in [0.2, 0.25) is 0 Å². The normalized spacial score (nSPS) is 22.8. The highest BCUT2D eigenvalue weighted by Gasteiger charge is 2.52. The number of β-amino-alcohol motifs (C(OH)–C–C–N with tert-alkyl or cyclic N) is 1. The molecule has 3 fully saturated rings. The maximum absolute atomic E-state index is 15.3. The first-order valence-electron chi connectivity index (χ1n) is 18.9. The molecule has 0 bridgehead atoms. The SMILES string of the molecule is CCCCCCN1CCC[C@H](CNC(=O)[C@H]2CCCN2C(=O)[C@@H]2C[C@@H](O)CN2C(=O)C(c2ccccc2)(c2ccccc2)c2ccccc2)C1. The number of aliphatic hydroxyl groups is 1. The third-order valence-corrected chi connectivity index (χ3v) is 11.1. The first kappa shape index (κ1) is 35.8. The van der Waals surface area contributed by atoms with Crippen LogP contribution in [-0.2, 0) is 19.8 Å². The summed E-state index contributed by atoms with van der Waals surface area (Å²) in [7, 11) is 0. The molecule has 0 radical (unpaired) electrons. The molecule has 0 spiro atoms. The van der Waals surface area contributed by atoms with E-state index in [1.54, 1.807) is 9.80 Å². The van der Waals surface area contributed by atoms with Crippen LogP contribution in [0.15, 0.2) is 91.0 Å². The fraction of sp³-hybridized carbons (Fsp3) is 0.500. The van der Waals surface area contributed by atoms with Crippen molar-refractivity contribution >= 4 is 17.7 Å². The quantitative estimate of drug-likeness (QED) is 0.187. The zero-order chi connectivity index (χ0) is 34.9. The van der Waals surface area contributed by atoms with E-state index in [2.05, 4.69) is 17.1 Å². The number of nitrogens with one attached hydrogen (secondary N) is 1. The third-order valence-electron chi connectivity index (χ3n) is 11.1.